The lowest BCUT2D eigenvalue weighted by molar-refractivity contribution is -0.132. The molecule has 7 nitrogen and oxygen atoms in total. The average Bonchev–Trinajstić information content (AvgIpc) is 2.81. The van der Waals surface area contributed by atoms with Crippen LogP contribution in [0.4, 0.5) is 0 Å². The SMILES string of the molecule is CC.CC[C@H](C)[C@H](N)C(=O)C[C@@H](CCCCNC)C(=O)C[C@@H](Cc1ccc(O)cc1)C(N)=O. The summed E-state index contributed by atoms with van der Waals surface area (Å²) in [7, 11) is 1.87. The molecule has 1 rings (SSSR count). The Morgan fingerprint density at radius 2 is 1.58 bits per heavy atom. The molecule has 0 heterocycles. The minimum absolute atomic E-state index is 0.00124. The van der Waals surface area contributed by atoms with Crippen molar-refractivity contribution in [3.63, 3.8) is 0 Å². The third-order valence-corrected chi connectivity index (χ3v) is 6.03. The molecule has 0 aromatic heterocycles. The summed E-state index contributed by atoms with van der Waals surface area (Å²) in [5.41, 5.74) is 12.5. The number of Topliss-reactive ketones (excluding diaryl/α,β-unsaturated/α-hetero) is 2. The number of phenolic OH excluding ortho intramolecular Hbond substituents is 1. The van der Waals surface area contributed by atoms with Crippen molar-refractivity contribution in [3.8, 4) is 5.75 Å². The number of hydrogen-bond donors (Lipinski definition) is 4. The zero-order valence-corrected chi connectivity index (χ0v) is 21.1. The standard InChI is InChI=1S/C24H39N3O4.C2H6/c1-4-16(2)23(25)22(30)14-18(7-5-6-12-27-3)21(29)15-19(24(26)31)13-17-8-10-20(28)11-9-17;1-2/h8-11,16,18-19,23,27-28H,4-7,12-15,25H2,1-3H3,(H2,26,31);1-2H3/t16-,18+,19+,23-;/m0./s1. The lowest BCUT2D eigenvalue weighted by Crippen LogP contribution is -2.39. The fraction of sp³-hybridized carbons (Fsp3) is 0.654. The molecular weight excluding hydrogens is 418 g/mol. The average molecular weight is 464 g/mol. The molecule has 0 aliphatic carbocycles. The molecular formula is C26H45N3O4. The zero-order chi connectivity index (χ0) is 25.4. The van der Waals surface area contributed by atoms with Crippen LogP contribution in [0.15, 0.2) is 24.3 Å². The van der Waals surface area contributed by atoms with Gasteiger partial charge in [0.1, 0.15) is 11.5 Å². The Kier molecular flexibility index (Phi) is 16.1. The molecule has 188 valence electrons. The van der Waals surface area contributed by atoms with Crippen LogP contribution in [0.1, 0.15) is 71.8 Å². The molecule has 7 heteroatoms. The summed E-state index contributed by atoms with van der Waals surface area (Å²) >= 11 is 0. The fourth-order valence-corrected chi connectivity index (χ4v) is 3.62. The summed E-state index contributed by atoms with van der Waals surface area (Å²) in [6.45, 7) is 8.76. The van der Waals surface area contributed by atoms with Gasteiger partial charge in [0.05, 0.1) is 6.04 Å². The Balaban J connectivity index is 0.00000497. The maximum absolute atomic E-state index is 13.1. The van der Waals surface area contributed by atoms with E-state index in [9.17, 15) is 19.5 Å². The van der Waals surface area contributed by atoms with Crippen LogP contribution in [0.5, 0.6) is 5.75 Å². The van der Waals surface area contributed by atoms with E-state index in [0.29, 0.717) is 12.8 Å². The third-order valence-electron chi connectivity index (χ3n) is 6.03. The third kappa shape index (κ3) is 12.0. The number of primary amides is 1. The van der Waals surface area contributed by atoms with E-state index in [2.05, 4.69) is 5.32 Å². The molecule has 0 saturated carbocycles. The Bertz CT molecular complexity index is 706. The van der Waals surface area contributed by atoms with Crippen molar-refractivity contribution in [2.45, 2.75) is 78.7 Å². The Morgan fingerprint density at radius 3 is 2.09 bits per heavy atom. The Labute approximate surface area is 199 Å². The Morgan fingerprint density at radius 1 is 1.00 bits per heavy atom. The summed E-state index contributed by atoms with van der Waals surface area (Å²) in [6.07, 6.45) is 3.51. The van der Waals surface area contributed by atoms with Crippen LogP contribution in [-0.2, 0) is 20.8 Å². The smallest absolute Gasteiger partial charge is 0.221 e. The van der Waals surface area contributed by atoms with Crippen molar-refractivity contribution in [2.75, 3.05) is 13.6 Å². The van der Waals surface area contributed by atoms with Crippen LogP contribution >= 0.6 is 0 Å². The van der Waals surface area contributed by atoms with E-state index in [1.807, 2.05) is 34.7 Å². The molecule has 0 aliphatic heterocycles. The summed E-state index contributed by atoms with van der Waals surface area (Å²) in [6, 6.07) is 5.91. The lowest BCUT2D eigenvalue weighted by Gasteiger charge is -2.22. The van der Waals surface area contributed by atoms with Gasteiger partial charge in [0, 0.05) is 24.7 Å². The normalized spacial score (nSPS) is 14.4. The minimum Gasteiger partial charge on any atom is -0.508 e. The van der Waals surface area contributed by atoms with E-state index >= 15 is 0 Å². The molecule has 1 aromatic rings. The number of aromatic hydroxyl groups is 1. The quantitative estimate of drug-likeness (QED) is 0.278. The Hall–Kier alpha value is -2.25. The highest BCUT2D eigenvalue weighted by Gasteiger charge is 2.29. The van der Waals surface area contributed by atoms with Gasteiger partial charge < -0.3 is 21.9 Å². The van der Waals surface area contributed by atoms with Crippen LogP contribution in [0, 0.1) is 17.8 Å². The molecule has 0 spiro atoms. The lowest BCUT2D eigenvalue weighted by atomic mass is 9.82. The first-order chi connectivity index (χ1) is 15.7. The van der Waals surface area contributed by atoms with Crippen LogP contribution < -0.4 is 16.8 Å². The van der Waals surface area contributed by atoms with Crippen molar-refractivity contribution >= 4 is 17.5 Å². The van der Waals surface area contributed by atoms with Gasteiger partial charge in [-0.15, -0.1) is 0 Å². The van der Waals surface area contributed by atoms with Crippen molar-refractivity contribution in [2.24, 2.45) is 29.2 Å². The van der Waals surface area contributed by atoms with Crippen molar-refractivity contribution in [3.05, 3.63) is 29.8 Å². The van der Waals surface area contributed by atoms with Crippen molar-refractivity contribution in [1.29, 1.82) is 0 Å². The molecule has 0 aliphatic rings. The maximum Gasteiger partial charge on any atom is 0.221 e. The first-order valence-corrected chi connectivity index (χ1v) is 12.2. The first kappa shape index (κ1) is 30.8. The van der Waals surface area contributed by atoms with Gasteiger partial charge in [0.25, 0.3) is 0 Å². The molecule has 33 heavy (non-hydrogen) atoms. The van der Waals surface area contributed by atoms with Gasteiger partial charge in [-0.05, 0) is 56.5 Å². The van der Waals surface area contributed by atoms with Gasteiger partial charge in [-0.25, -0.2) is 0 Å². The summed E-state index contributed by atoms with van der Waals surface area (Å²) in [5, 5.41) is 12.5. The predicted octanol–water partition coefficient (Wildman–Crippen LogP) is 3.36. The predicted molar refractivity (Wildman–Crippen MR) is 134 cm³/mol. The maximum atomic E-state index is 13.1. The monoisotopic (exact) mass is 463 g/mol. The number of nitrogens with one attached hydrogen (secondary N) is 1. The van der Waals surface area contributed by atoms with Gasteiger partial charge in [0.2, 0.25) is 5.91 Å². The number of ketones is 2. The second-order valence-corrected chi connectivity index (χ2v) is 8.52. The molecule has 0 bridgehead atoms. The van der Waals surface area contributed by atoms with Gasteiger partial charge in [-0.1, -0.05) is 52.7 Å². The number of phenols is 1. The van der Waals surface area contributed by atoms with Crippen LogP contribution in [0.25, 0.3) is 0 Å². The zero-order valence-electron chi connectivity index (χ0n) is 21.1. The molecule has 0 unspecified atom stereocenters. The molecule has 1 aromatic carbocycles. The highest BCUT2D eigenvalue weighted by Crippen LogP contribution is 2.23. The van der Waals surface area contributed by atoms with Crippen LogP contribution in [0.3, 0.4) is 0 Å². The molecule has 4 atom stereocenters. The van der Waals surface area contributed by atoms with Crippen molar-refractivity contribution < 1.29 is 19.5 Å². The molecule has 0 fully saturated rings. The minimum atomic E-state index is -0.657. The van der Waals surface area contributed by atoms with E-state index in [1.54, 1.807) is 12.1 Å². The van der Waals surface area contributed by atoms with Gasteiger partial charge in [0.15, 0.2) is 5.78 Å². The summed E-state index contributed by atoms with van der Waals surface area (Å²) in [4.78, 5) is 37.8. The number of amides is 1. The van der Waals surface area contributed by atoms with Gasteiger partial charge in [-0.3, -0.25) is 14.4 Å². The van der Waals surface area contributed by atoms with E-state index in [-0.39, 0.29) is 36.1 Å². The highest BCUT2D eigenvalue weighted by atomic mass is 16.3. The fourth-order valence-electron chi connectivity index (χ4n) is 3.62. The van der Waals surface area contributed by atoms with E-state index in [1.165, 1.54) is 12.1 Å². The topological polar surface area (TPSA) is 136 Å². The largest absolute Gasteiger partial charge is 0.508 e. The number of unbranched alkanes of at least 4 members (excludes halogenated alkanes) is 1. The number of carbonyl (C=O) groups excluding carboxylic acids is 3. The van der Waals surface area contributed by atoms with Crippen molar-refractivity contribution in [1.82, 2.24) is 5.32 Å². The van der Waals surface area contributed by atoms with Gasteiger partial charge in [-0.2, -0.15) is 0 Å². The number of rotatable bonds is 16. The van der Waals surface area contributed by atoms with Crippen LogP contribution in [0.2, 0.25) is 0 Å². The second-order valence-electron chi connectivity index (χ2n) is 8.52. The molecule has 0 saturated heterocycles. The summed E-state index contributed by atoms with van der Waals surface area (Å²) in [5.74, 6) is -1.69. The second kappa shape index (κ2) is 17.3. The first-order valence-electron chi connectivity index (χ1n) is 12.2. The number of hydrogen-bond acceptors (Lipinski definition) is 6. The van der Waals surface area contributed by atoms with Gasteiger partial charge >= 0.3 is 0 Å². The highest BCUT2D eigenvalue weighted by molar-refractivity contribution is 5.92. The number of benzene rings is 1. The number of carbonyl (C=O) groups is 3. The van der Waals surface area contributed by atoms with E-state index in [4.69, 9.17) is 11.5 Å². The van der Waals surface area contributed by atoms with Crippen LogP contribution in [-0.4, -0.2) is 42.2 Å². The molecule has 1 amide bonds. The van der Waals surface area contributed by atoms with E-state index < -0.39 is 23.8 Å². The number of nitrogens with two attached hydrogens (primary N) is 2. The molecule has 0 radical (unpaired) electrons. The summed E-state index contributed by atoms with van der Waals surface area (Å²) < 4.78 is 0. The molecule has 6 N–H and O–H groups in total. The van der Waals surface area contributed by atoms with E-state index in [0.717, 1.165) is 31.4 Å².